The molecule has 2 rings (SSSR count). The molecule has 2 heterocycles. The standard InChI is InChI=1S/C11H20N2O3/c12-4-3-9-8-15-7-5-13(9)11(14)10-2-1-6-16-10/h9-10H,1-8,12H2. The molecule has 2 aliphatic heterocycles. The lowest BCUT2D eigenvalue weighted by Crippen LogP contribution is -2.52. The monoisotopic (exact) mass is 228 g/mol. The van der Waals surface area contributed by atoms with Crippen LogP contribution in [0.25, 0.3) is 0 Å². The van der Waals surface area contributed by atoms with E-state index in [2.05, 4.69) is 0 Å². The molecule has 2 unspecified atom stereocenters. The summed E-state index contributed by atoms with van der Waals surface area (Å²) < 4.78 is 10.8. The number of ether oxygens (including phenoxy) is 2. The van der Waals surface area contributed by atoms with Crippen molar-refractivity contribution in [3.05, 3.63) is 0 Å². The number of morpholine rings is 1. The second-order valence-electron chi connectivity index (χ2n) is 4.34. The number of nitrogens with zero attached hydrogens (tertiary/aromatic N) is 1. The molecule has 0 radical (unpaired) electrons. The van der Waals surface area contributed by atoms with Gasteiger partial charge in [0.15, 0.2) is 0 Å². The van der Waals surface area contributed by atoms with Gasteiger partial charge < -0.3 is 20.1 Å². The summed E-state index contributed by atoms with van der Waals surface area (Å²) in [7, 11) is 0. The minimum Gasteiger partial charge on any atom is -0.377 e. The van der Waals surface area contributed by atoms with Gasteiger partial charge in [0.1, 0.15) is 6.10 Å². The predicted octanol–water partition coefficient (Wildman–Crippen LogP) is -0.258. The highest BCUT2D eigenvalue weighted by Gasteiger charge is 2.33. The predicted molar refractivity (Wildman–Crippen MR) is 59.0 cm³/mol. The van der Waals surface area contributed by atoms with Crippen LogP contribution >= 0.6 is 0 Å². The van der Waals surface area contributed by atoms with E-state index in [9.17, 15) is 4.79 Å². The zero-order chi connectivity index (χ0) is 11.4. The smallest absolute Gasteiger partial charge is 0.252 e. The summed E-state index contributed by atoms with van der Waals surface area (Å²) in [5, 5.41) is 0. The molecule has 0 aromatic carbocycles. The van der Waals surface area contributed by atoms with Gasteiger partial charge >= 0.3 is 0 Å². The van der Waals surface area contributed by atoms with Gasteiger partial charge in [0, 0.05) is 13.2 Å². The molecular formula is C11H20N2O3. The van der Waals surface area contributed by atoms with E-state index in [1.165, 1.54) is 0 Å². The van der Waals surface area contributed by atoms with Gasteiger partial charge in [0.05, 0.1) is 19.3 Å². The molecule has 2 saturated heterocycles. The third-order valence-electron chi connectivity index (χ3n) is 3.22. The maximum atomic E-state index is 12.2. The van der Waals surface area contributed by atoms with E-state index in [1.807, 2.05) is 4.90 Å². The van der Waals surface area contributed by atoms with Crippen LogP contribution in [-0.2, 0) is 14.3 Å². The second-order valence-corrected chi connectivity index (χ2v) is 4.34. The van der Waals surface area contributed by atoms with Gasteiger partial charge in [-0.1, -0.05) is 0 Å². The van der Waals surface area contributed by atoms with Crippen molar-refractivity contribution in [1.29, 1.82) is 0 Å². The molecule has 2 fully saturated rings. The Kier molecular flexibility index (Phi) is 4.15. The van der Waals surface area contributed by atoms with Crippen molar-refractivity contribution >= 4 is 5.91 Å². The maximum absolute atomic E-state index is 12.2. The zero-order valence-electron chi connectivity index (χ0n) is 9.56. The minimum absolute atomic E-state index is 0.124. The molecule has 0 bridgehead atoms. The van der Waals surface area contributed by atoms with Crippen molar-refractivity contribution in [3.8, 4) is 0 Å². The van der Waals surface area contributed by atoms with E-state index in [4.69, 9.17) is 15.2 Å². The number of hydrogen-bond acceptors (Lipinski definition) is 4. The van der Waals surface area contributed by atoms with Crippen LogP contribution in [0.1, 0.15) is 19.3 Å². The molecule has 2 atom stereocenters. The van der Waals surface area contributed by atoms with Gasteiger partial charge in [-0.3, -0.25) is 4.79 Å². The van der Waals surface area contributed by atoms with E-state index in [1.54, 1.807) is 0 Å². The van der Waals surface area contributed by atoms with Gasteiger partial charge in [-0.15, -0.1) is 0 Å². The molecule has 92 valence electrons. The Labute approximate surface area is 95.9 Å². The molecule has 5 heteroatoms. The fourth-order valence-electron chi connectivity index (χ4n) is 2.33. The Bertz CT molecular complexity index is 239. The maximum Gasteiger partial charge on any atom is 0.252 e. The SMILES string of the molecule is NCCC1COCCN1C(=O)C1CCCO1. The van der Waals surface area contributed by atoms with Crippen molar-refractivity contribution in [3.63, 3.8) is 0 Å². The van der Waals surface area contributed by atoms with E-state index in [-0.39, 0.29) is 18.1 Å². The lowest BCUT2D eigenvalue weighted by atomic mass is 10.1. The largest absolute Gasteiger partial charge is 0.377 e. The molecule has 2 N–H and O–H groups in total. The van der Waals surface area contributed by atoms with Gasteiger partial charge in [0.2, 0.25) is 0 Å². The number of amides is 1. The molecule has 0 aliphatic carbocycles. The molecule has 1 amide bonds. The number of carbonyl (C=O) groups excluding carboxylic acids is 1. The highest BCUT2D eigenvalue weighted by atomic mass is 16.5. The highest BCUT2D eigenvalue weighted by molar-refractivity contribution is 5.81. The first-order chi connectivity index (χ1) is 7.83. The zero-order valence-corrected chi connectivity index (χ0v) is 9.56. The van der Waals surface area contributed by atoms with E-state index in [0.717, 1.165) is 19.3 Å². The van der Waals surface area contributed by atoms with Crippen molar-refractivity contribution in [2.75, 3.05) is 32.9 Å². The van der Waals surface area contributed by atoms with Gasteiger partial charge in [0.25, 0.3) is 5.91 Å². The summed E-state index contributed by atoms with van der Waals surface area (Å²) in [5.74, 6) is 0.124. The van der Waals surface area contributed by atoms with Crippen molar-refractivity contribution < 1.29 is 14.3 Å². The lowest BCUT2D eigenvalue weighted by Gasteiger charge is -2.36. The van der Waals surface area contributed by atoms with Crippen LogP contribution in [0.2, 0.25) is 0 Å². The molecule has 0 aromatic heterocycles. The van der Waals surface area contributed by atoms with Crippen LogP contribution in [-0.4, -0.2) is 55.9 Å². The third kappa shape index (κ3) is 2.53. The van der Waals surface area contributed by atoms with Crippen LogP contribution in [0.15, 0.2) is 0 Å². The fourth-order valence-corrected chi connectivity index (χ4v) is 2.33. The van der Waals surface area contributed by atoms with E-state index in [0.29, 0.717) is 32.9 Å². The number of hydrogen-bond donors (Lipinski definition) is 1. The number of rotatable bonds is 3. The molecular weight excluding hydrogens is 208 g/mol. The van der Waals surface area contributed by atoms with Crippen LogP contribution < -0.4 is 5.73 Å². The second kappa shape index (κ2) is 5.61. The van der Waals surface area contributed by atoms with Gasteiger partial charge in [-0.25, -0.2) is 0 Å². The molecule has 0 aromatic rings. The Morgan fingerprint density at radius 2 is 2.31 bits per heavy atom. The normalized spacial score (nSPS) is 30.7. The summed E-state index contributed by atoms with van der Waals surface area (Å²) in [5.41, 5.74) is 5.55. The number of nitrogens with two attached hydrogens (primary N) is 1. The Hall–Kier alpha value is -0.650. The first-order valence-corrected chi connectivity index (χ1v) is 6.03. The van der Waals surface area contributed by atoms with Crippen molar-refractivity contribution in [2.24, 2.45) is 5.73 Å². The summed E-state index contributed by atoms with van der Waals surface area (Å²) in [6.45, 7) is 3.20. The highest BCUT2D eigenvalue weighted by Crippen LogP contribution is 2.18. The molecule has 0 saturated carbocycles. The summed E-state index contributed by atoms with van der Waals surface area (Å²) in [4.78, 5) is 14.1. The average molecular weight is 228 g/mol. The van der Waals surface area contributed by atoms with Crippen LogP contribution in [0.4, 0.5) is 0 Å². The Balaban J connectivity index is 1.95. The Morgan fingerprint density at radius 1 is 1.44 bits per heavy atom. The summed E-state index contributed by atoms with van der Waals surface area (Å²) >= 11 is 0. The van der Waals surface area contributed by atoms with E-state index < -0.39 is 0 Å². The molecule has 0 spiro atoms. The quantitative estimate of drug-likeness (QED) is 0.723. The molecule has 5 nitrogen and oxygen atoms in total. The number of carbonyl (C=O) groups is 1. The van der Waals surface area contributed by atoms with Gasteiger partial charge in [-0.2, -0.15) is 0 Å². The fraction of sp³-hybridized carbons (Fsp3) is 0.909. The molecule has 16 heavy (non-hydrogen) atoms. The molecule has 2 aliphatic rings. The minimum atomic E-state index is -0.224. The van der Waals surface area contributed by atoms with Crippen molar-refractivity contribution in [1.82, 2.24) is 4.90 Å². The average Bonchev–Trinajstić information content (AvgIpc) is 2.83. The summed E-state index contributed by atoms with van der Waals surface area (Å²) in [6, 6.07) is 0.135. The third-order valence-corrected chi connectivity index (χ3v) is 3.22. The summed E-state index contributed by atoms with van der Waals surface area (Å²) in [6.07, 6.45) is 2.42. The first kappa shape index (κ1) is 11.8. The lowest BCUT2D eigenvalue weighted by molar-refractivity contribution is -0.149. The van der Waals surface area contributed by atoms with Crippen LogP contribution in [0.5, 0.6) is 0 Å². The van der Waals surface area contributed by atoms with Crippen molar-refractivity contribution in [2.45, 2.75) is 31.4 Å². The van der Waals surface area contributed by atoms with Crippen LogP contribution in [0, 0.1) is 0 Å². The topological polar surface area (TPSA) is 64.8 Å². The Morgan fingerprint density at radius 3 is 3.00 bits per heavy atom. The van der Waals surface area contributed by atoms with E-state index >= 15 is 0 Å². The first-order valence-electron chi connectivity index (χ1n) is 6.03. The van der Waals surface area contributed by atoms with Crippen LogP contribution in [0.3, 0.4) is 0 Å². The van der Waals surface area contributed by atoms with Gasteiger partial charge in [-0.05, 0) is 25.8 Å².